The van der Waals surface area contributed by atoms with Gasteiger partial charge in [-0.1, -0.05) is 62.2 Å². The zero-order valence-corrected chi connectivity index (χ0v) is 25.6. The molecule has 0 unspecified atom stereocenters. The highest BCUT2D eigenvalue weighted by atomic mass is 35.5. The van der Waals surface area contributed by atoms with Crippen molar-refractivity contribution in [3.8, 4) is 6.07 Å². The lowest BCUT2D eigenvalue weighted by Crippen LogP contribution is -2.55. The van der Waals surface area contributed by atoms with E-state index in [9.17, 15) is 14.9 Å². The lowest BCUT2D eigenvalue weighted by atomic mass is 9.71. The average Bonchev–Trinajstić information content (AvgIpc) is 2.90. The van der Waals surface area contributed by atoms with Crippen molar-refractivity contribution >= 4 is 46.4 Å². The number of amides is 2. The quantitative estimate of drug-likeness (QED) is 0.218. The summed E-state index contributed by atoms with van der Waals surface area (Å²) in [7, 11) is 0. The first-order valence-corrected chi connectivity index (χ1v) is 14.1. The van der Waals surface area contributed by atoms with Crippen LogP contribution in [0.4, 0.5) is 20.2 Å². The summed E-state index contributed by atoms with van der Waals surface area (Å²) in [6.07, 6.45) is 0.264. The first kappa shape index (κ1) is 33.0. The van der Waals surface area contributed by atoms with Crippen molar-refractivity contribution < 1.29 is 18.4 Å². The van der Waals surface area contributed by atoms with Gasteiger partial charge in [-0.2, -0.15) is 5.26 Å². The SMILES string of the molecule is CC(=O)Nc1ccc(NC(=O)[C@@H](Cc2cccc(Cl)c2F)N[C@@H](CC(C)(C)C)[C@](C)(C#N)c2ccc(Cl)cc2F)cc1. The van der Waals surface area contributed by atoms with Gasteiger partial charge in [0.25, 0.3) is 0 Å². The molecule has 0 bridgehead atoms. The Morgan fingerprint density at radius 3 is 2.12 bits per heavy atom. The molecule has 2 amide bonds. The van der Waals surface area contributed by atoms with Gasteiger partial charge in [0.15, 0.2) is 0 Å². The maximum Gasteiger partial charge on any atom is 0.241 e. The van der Waals surface area contributed by atoms with Gasteiger partial charge in [-0.15, -0.1) is 0 Å². The number of nitriles is 1. The van der Waals surface area contributed by atoms with Gasteiger partial charge in [-0.25, -0.2) is 8.78 Å². The van der Waals surface area contributed by atoms with E-state index >= 15 is 8.78 Å². The van der Waals surface area contributed by atoms with Crippen LogP contribution in [0.3, 0.4) is 0 Å². The molecule has 0 saturated heterocycles. The smallest absolute Gasteiger partial charge is 0.241 e. The van der Waals surface area contributed by atoms with Crippen LogP contribution in [0.2, 0.25) is 10.0 Å². The summed E-state index contributed by atoms with van der Waals surface area (Å²) in [5.41, 5.74) is -0.476. The Bertz CT molecular complexity index is 1490. The molecule has 0 aliphatic heterocycles. The van der Waals surface area contributed by atoms with Crippen molar-refractivity contribution in [1.82, 2.24) is 5.32 Å². The third-order valence-electron chi connectivity index (χ3n) is 6.88. The normalized spacial score (nSPS) is 14.3. The van der Waals surface area contributed by atoms with E-state index in [1.54, 1.807) is 37.3 Å². The first-order valence-electron chi connectivity index (χ1n) is 13.4. The van der Waals surface area contributed by atoms with Gasteiger partial charge in [-0.05, 0) is 73.2 Å². The Morgan fingerprint density at radius 2 is 1.57 bits per heavy atom. The second kappa shape index (κ2) is 13.6. The van der Waals surface area contributed by atoms with E-state index in [2.05, 4.69) is 22.0 Å². The van der Waals surface area contributed by atoms with E-state index < -0.39 is 35.0 Å². The molecule has 0 saturated carbocycles. The molecule has 6 nitrogen and oxygen atoms in total. The van der Waals surface area contributed by atoms with Crippen molar-refractivity contribution in [2.45, 2.75) is 65.0 Å². The van der Waals surface area contributed by atoms with Crippen molar-refractivity contribution in [3.05, 3.63) is 93.5 Å². The number of carbonyl (C=O) groups excluding carboxylic acids is 2. The number of halogens is 4. The van der Waals surface area contributed by atoms with E-state index in [-0.39, 0.29) is 38.9 Å². The molecule has 3 rings (SSSR count). The van der Waals surface area contributed by atoms with Crippen LogP contribution >= 0.6 is 23.2 Å². The predicted octanol–water partition coefficient (Wildman–Crippen LogP) is 7.66. The van der Waals surface area contributed by atoms with Crippen LogP contribution in [0.25, 0.3) is 0 Å². The molecule has 42 heavy (non-hydrogen) atoms. The second-order valence-corrected chi connectivity index (χ2v) is 12.5. The lowest BCUT2D eigenvalue weighted by molar-refractivity contribution is -0.118. The fourth-order valence-electron chi connectivity index (χ4n) is 4.74. The number of rotatable bonds is 10. The first-order chi connectivity index (χ1) is 19.6. The van der Waals surface area contributed by atoms with Crippen LogP contribution in [0.15, 0.2) is 60.7 Å². The van der Waals surface area contributed by atoms with E-state index in [1.807, 2.05) is 20.8 Å². The summed E-state index contributed by atoms with van der Waals surface area (Å²) >= 11 is 12.0. The molecule has 3 aromatic rings. The Hall–Kier alpha value is -3.51. The maximum absolute atomic E-state index is 15.2. The van der Waals surface area contributed by atoms with Crippen LogP contribution in [-0.2, 0) is 21.4 Å². The minimum absolute atomic E-state index is 0.0865. The Balaban J connectivity index is 2.04. The van der Waals surface area contributed by atoms with Crippen LogP contribution in [-0.4, -0.2) is 23.9 Å². The van der Waals surface area contributed by atoms with Gasteiger partial charge >= 0.3 is 0 Å². The second-order valence-electron chi connectivity index (χ2n) is 11.6. The zero-order chi connectivity index (χ0) is 31.2. The summed E-state index contributed by atoms with van der Waals surface area (Å²) in [6, 6.07) is 15.6. The number of carbonyl (C=O) groups is 2. The van der Waals surface area contributed by atoms with Crippen LogP contribution < -0.4 is 16.0 Å². The highest BCUT2D eigenvalue weighted by Gasteiger charge is 2.42. The Labute approximate surface area is 255 Å². The third kappa shape index (κ3) is 8.51. The number of hydrogen-bond acceptors (Lipinski definition) is 4. The van der Waals surface area contributed by atoms with E-state index in [0.29, 0.717) is 17.8 Å². The van der Waals surface area contributed by atoms with Crippen LogP contribution in [0.1, 0.15) is 52.2 Å². The van der Waals surface area contributed by atoms with Crippen LogP contribution in [0.5, 0.6) is 0 Å². The molecule has 0 heterocycles. The molecule has 3 N–H and O–H groups in total. The van der Waals surface area contributed by atoms with E-state index in [0.717, 1.165) is 6.07 Å². The Kier molecular flexibility index (Phi) is 10.7. The van der Waals surface area contributed by atoms with Crippen molar-refractivity contribution in [1.29, 1.82) is 5.26 Å². The number of benzene rings is 3. The summed E-state index contributed by atoms with van der Waals surface area (Å²) in [5, 5.41) is 19.3. The summed E-state index contributed by atoms with van der Waals surface area (Å²) < 4.78 is 30.3. The minimum Gasteiger partial charge on any atom is -0.326 e. The average molecular weight is 616 g/mol. The largest absolute Gasteiger partial charge is 0.326 e. The van der Waals surface area contributed by atoms with Gasteiger partial charge in [-0.3, -0.25) is 9.59 Å². The summed E-state index contributed by atoms with van der Waals surface area (Å²) in [6.45, 7) is 8.92. The molecule has 3 atom stereocenters. The number of hydrogen-bond donors (Lipinski definition) is 3. The molecule has 0 aromatic heterocycles. The molecule has 0 aliphatic carbocycles. The molecule has 222 valence electrons. The molecule has 0 fully saturated rings. The van der Waals surface area contributed by atoms with Gasteiger partial charge in [0.1, 0.15) is 11.6 Å². The maximum atomic E-state index is 15.2. The lowest BCUT2D eigenvalue weighted by Gasteiger charge is -2.39. The van der Waals surface area contributed by atoms with Crippen molar-refractivity contribution in [3.63, 3.8) is 0 Å². The highest BCUT2D eigenvalue weighted by molar-refractivity contribution is 6.31. The molecule has 3 aromatic carbocycles. The zero-order valence-electron chi connectivity index (χ0n) is 24.1. The Morgan fingerprint density at radius 1 is 0.952 bits per heavy atom. The molecule has 0 aliphatic rings. The fraction of sp³-hybridized carbons (Fsp3) is 0.344. The fourth-order valence-corrected chi connectivity index (χ4v) is 5.10. The standard InChI is InChI=1S/C32H34Cl2F2N4O2/c1-19(41)38-22-10-12-23(13-11-22)39-30(42)27(15-20-7-6-8-25(34)29(20)36)40-28(17-31(2,3)4)32(5,18-37)24-14-9-21(33)16-26(24)35/h6-14,16,27-28,40H,15,17H2,1-5H3,(H,38,41)(H,39,42)/t27-,28+,32-/m1/s1. The van der Waals surface area contributed by atoms with Crippen LogP contribution in [0, 0.1) is 28.4 Å². The molecule has 0 spiro atoms. The number of nitrogens with zero attached hydrogens (tertiary/aromatic N) is 1. The topological polar surface area (TPSA) is 94.0 Å². The van der Waals surface area contributed by atoms with Gasteiger partial charge in [0.2, 0.25) is 11.8 Å². The molecular weight excluding hydrogens is 581 g/mol. The predicted molar refractivity (Wildman–Crippen MR) is 164 cm³/mol. The van der Waals surface area contributed by atoms with Crippen molar-refractivity contribution in [2.24, 2.45) is 5.41 Å². The van der Waals surface area contributed by atoms with Gasteiger partial charge < -0.3 is 16.0 Å². The number of anilines is 2. The third-order valence-corrected chi connectivity index (χ3v) is 7.41. The monoisotopic (exact) mass is 614 g/mol. The molecule has 0 radical (unpaired) electrons. The van der Waals surface area contributed by atoms with Crippen molar-refractivity contribution in [2.75, 3.05) is 10.6 Å². The van der Waals surface area contributed by atoms with Gasteiger partial charge in [0, 0.05) is 34.9 Å². The summed E-state index contributed by atoms with van der Waals surface area (Å²) in [5.74, 6) is -2.04. The highest BCUT2D eigenvalue weighted by Crippen LogP contribution is 2.37. The van der Waals surface area contributed by atoms with Gasteiger partial charge in [0.05, 0.1) is 22.5 Å². The van der Waals surface area contributed by atoms with E-state index in [1.165, 1.54) is 31.2 Å². The molecule has 10 heteroatoms. The summed E-state index contributed by atoms with van der Waals surface area (Å²) in [4.78, 5) is 25.1. The molecular formula is C32H34Cl2F2N4O2. The van der Waals surface area contributed by atoms with E-state index in [4.69, 9.17) is 23.2 Å². The number of nitrogens with one attached hydrogen (secondary N) is 3. The minimum atomic E-state index is -1.44.